The molecule has 4 heterocycles. The maximum absolute atomic E-state index is 12.6. The molecule has 2 saturated carbocycles. The largest absolute Gasteiger partial charge is 0.465 e. The van der Waals surface area contributed by atoms with Gasteiger partial charge < -0.3 is 19.4 Å². The zero-order valence-corrected chi connectivity index (χ0v) is 30.1. The summed E-state index contributed by atoms with van der Waals surface area (Å²) in [5.41, 5.74) is 3.89. The third-order valence-corrected chi connectivity index (χ3v) is 13.7. The molecular weight excluding hydrogens is 608 g/mol. The lowest BCUT2D eigenvalue weighted by Crippen LogP contribution is -2.51. The van der Waals surface area contributed by atoms with Gasteiger partial charge in [-0.1, -0.05) is 43.2 Å². The number of piperidine rings is 4. The van der Waals surface area contributed by atoms with Crippen LogP contribution in [0.3, 0.4) is 0 Å². The van der Waals surface area contributed by atoms with Gasteiger partial charge in [0.1, 0.15) is 0 Å². The van der Waals surface area contributed by atoms with Crippen molar-refractivity contribution >= 4 is 11.9 Å². The van der Waals surface area contributed by atoms with Gasteiger partial charge in [0.15, 0.2) is 0 Å². The maximum atomic E-state index is 12.6. The van der Waals surface area contributed by atoms with Crippen molar-refractivity contribution in [3.63, 3.8) is 0 Å². The van der Waals surface area contributed by atoms with E-state index in [0.717, 1.165) is 37.3 Å². The number of carbonyl (C=O) groups is 2. The average Bonchev–Trinajstić information content (AvgIpc) is 3.11. The Kier molecular flexibility index (Phi) is 11.1. The van der Waals surface area contributed by atoms with Crippen LogP contribution >= 0.6 is 0 Å². The molecule has 2 spiro atoms. The van der Waals surface area contributed by atoms with Crippen molar-refractivity contribution < 1.29 is 14.3 Å². The average molecular weight is 669 g/mol. The fraction of sp³-hybridized carbons (Fsp3) is 0.667. The van der Waals surface area contributed by atoms with E-state index in [1.165, 1.54) is 142 Å². The molecule has 6 fully saturated rings. The molecule has 4 saturated heterocycles. The minimum absolute atomic E-state index is 0.215. The summed E-state index contributed by atoms with van der Waals surface area (Å²) in [6, 6.07) is 19.4. The van der Waals surface area contributed by atoms with Crippen molar-refractivity contribution in [2.75, 3.05) is 59.5 Å². The van der Waals surface area contributed by atoms with Gasteiger partial charge in [-0.25, -0.2) is 4.79 Å². The SMILES string of the molecule is COC(=O)c1ccc(CN2CCC3(CC2)CCN(C2CCC2)CC3)cc1.O=C(c1ccccc1)N1CCC2(CC1)CCN(C1CCC1)CC2. The van der Waals surface area contributed by atoms with E-state index in [-0.39, 0.29) is 11.9 Å². The number of esters is 1. The first kappa shape index (κ1) is 34.7. The minimum Gasteiger partial charge on any atom is -0.465 e. The maximum Gasteiger partial charge on any atom is 0.337 e. The van der Waals surface area contributed by atoms with Crippen LogP contribution in [0.15, 0.2) is 54.6 Å². The lowest BCUT2D eigenvalue weighted by Gasteiger charge is -2.50. The van der Waals surface area contributed by atoms with Crippen molar-refractivity contribution in [2.45, 2.75) is 109 Å². The van der Waals surface area contributed by atoms with Gasteiger partial charge in [-0.15, -0.1) is 0 Å². The third-order valence-electron chi connectivity index (χ3n) is 13.7. The van der Waals surface area contributed by atoms with Gasteiger partial charge in [0, 0.05) is 37.3 Å². The van der Waals surface area contributed by atoms with Crippen molar-refractivity contribution in [3.05, 3.63) is 71.3 Å². The Morgan fingerprint density at radius 1 is 0.612 bits per heavy atom. The molecule has 0 atom stereocenters. The van der Waals surface area contributed by atoms with E-state index in [2.05, 4.69) is 31.7 Å². The van der Waals surface area contributed by atoms with Gasteiger partial charge >= 0.3 is 5.97 Å². The third kappa shape index (κ3) is 8.26. The Balaban J connectivity index is 0.000000155. The van der Waals surface area contributed by atoms with Gasteiger partial charge in [-0.2, -0.15) is 0 Å². The van der Waals surface area contributed by atoms with Crippen LogP contribution in [0.2, 0.25) is 0 Å². The zero-order chi connectivity index (χ0) is 33.7. The van der Waals surface area contributed by atoms with E-state index in [9.17, 15) is 9.59 Å². The van der Waals surface area contributed by atoms with Gasteiger partial charge in [0.25, 0.3) is 5.91 Å². The Morgan fingerprint density at radius 2 is 1.08 bits per heavy atom. The molecule has 49 heavy (non-hydrogen) atoms. The molecule has 0 aromatic heterocycles. The number of likely N-dealkylation sites (tertiary alicyclic amines) is 4. The highest BCUT2D eigenvalue weighted by atomic mass is 16.5. The molecule has 1 amide bonds. The van der Waals surface area contributed by atoms with Crippen LogP contribution in [0.1, 0.15) is 116 Å². The Labute approximate surface area is 295 Å². The van der Waals surface area contributed by atoms with Crippen molar-refractivity contribution in [3.8, 4) is 0 Å². The van der Waals surface area contributed by atoms with Crippen LogP contribution < -0.4 is 0 Å². The minimum atomic E-state index is -0.260. The first-order chi connectivity index (χ1) is 23.9. The van der Waals surface area contributed by atoms with Crippen LogP contribution in [0.25, 0.3) is 0 Å². The first-order valence-corrected chi connectivity index (χ1v) is 19.7. The lowest BCUT2D eigenvalue weighted by atomic mass is 9.70. The van der Waals surface area contributed by atoms with E-state index in [0.29, 0.717) is 16.4 Å². The molecule has 0 radical (unpaired) electrons. The molecule has 0 bridgehead atoms. The number of nitrogens with zero attached hydrogens (tertiary/aromatic N) is 4. The second kappa shape index (κ2) is 15.7. The van der Waals surface area contributed by atoms with Gasteiger partial charge in [-0.3, -0.25) is 9.69 Å². The van der Waals surface area contributed by atoms with Crippen molar-refractivity contribution in [2.24, 2.45) is 10.8 Å². The predicted octanol–water partition coefficient (Wildman–Crippen LogP) is 7.26. The van der Waals surface area contributed by atoms with Crippen LogP contribution in [-0.4, -0.2) is 103 Å². The standard InChI is InChI=1S/C22H32N2O2.C20H28N2O/c1-26-21(25)19-7-5-18(6-8-19)17-23-13-9-22(10-14-23)11-15-24(16-12-22)20-3-2-4-20;23-19(17-5-2-1-3-6-17)22-15-11-20(12-16-22)9-13-21(14-10-20)18-7-4-8-18/h5-8,20H,2-4,9-17H2,1H3;1-3,5-6,18H,4,7-16H2. The second-order valence-electron chi connectivity index (χ2n) is 16.4. The lowest BCUT2D eigenvalue weighted by molar-refractivity contribution is 0.00363. The van der Waals surface area contributed by atoms with Crippen LogP contribution in [0.5, 0.6) is 0 Å². The highest BCUT2D eigenvalue weighted by Gasteiger charge is 2.41. The summed E-state index contributed by atoms with van der Waals surface area (Å²) in [6.07, 6.45) is 19.2. The van der Waals surface area contributed by atoms with Crippen LogP contribution in [0, 0.1) is 10.8 Å². The van der Waals surface area contributed by atoms with E-state index < -0.39 is 0 Å². The topological polar surface area (TPSA) is 56.3 Å². The molecule has 7 heteroatoms. The molecule has 0 unspecified atom stereocenters. The molecule has 6 aliphatic rings. The summed E-state index contributed by atoms with van der Waals surface area (Å²) >= 11 is 0. The molecule has 2 aromatic carbocycles. The molecule has 2 aromatic rings. The second-order valence-corrected chi connectivity index (χ2v) is 16.4. The van der Waals surface area contributed by atoms with Gasteiger partial charge in [-0.05, 0) is 157 Å². The Morgan fingerprint density at radius 3 is 1.53 bits per heavy atom. The van der Waals surface area contributed by atoms with Crippen LogP contribution in [-0.2, 0) is 11.3 Å². The first-order valence-electron chi connectivity index (χ1n) is 19.7. The summed E-state index contributed by atoms with van der Waals surface area (Å²) < 4.78 is 4.77. The number of hydrogen-bond donors (Lipinski definition) is 0. The Hall–Kier alpha value is -2.74. The summed E-state index contributed by atoms with van der Waals surface area (Å²) in [7, 11) is 1.43. The number of methoxy groups -OCH3 is 1. The Bertz CT molecular complexity index is 1350. The number of hydrogen-bond acceptors (Lipinski definition) is 6. The van der Waals surface area contributed by atoms with Crippen molar-refractivity contribution in [1.29, 1.82) is 0 Å². The molecule has 8 rings (SSSR count). The van der Waals surface area contributed by atoms with Gasteiger partial charge in [0.2, 0.25) is 0 Å². The van der Waals surface area contributed by atoms with E-state index >= 15 is 0 Å². The molecule has 4 aliphatic heterocycles. The van der Waals surface area contributed by atoms with E-state index in [1.54, 1.807) is 0 Å². The van der Waals surface area contributed by atoms with Crippen molar-refractivity contribution in [1.82, 2.24) is 19.6 Å². The number of carbonyl (C=O) groups excluding carboxylic acids is 2. The molecule has 2 aliphatic carbocycles. The predicted molar refractivity (Wildman–Crippen MR) is 196 cm³/mol. The highest BCUT2D eigenvalue weighted by molar-refractivity contribution is 5.94. The van der Waals surface area contributed by atoms with E-state index in [4.69, 9.17) is 4.74 Å². The number of amides is 1. The summed E-state index contributed by atoms with van der Waals surface area (Å²) in [6.45, 7) is 10.5. The summed E-state index contributed by atoms with van der Waals surface area (Å²) in [4.78, 5) is 34.3. The number of ether oxygens (including phenoxy) is 1. The molecule has 7 nitrogen and oxygen atoms in total. The number of rotatable bonds is 6. The fourth-order valence-electron chi connectivity index (χ4n) is 9.49. The highest BCUT2D eigenvalue weighted by Crippen LogP contribution is 2.44. The smallest absolute Gasteiger partial charge is 0.337 e. The molecular formula is C42H60N4O3. The van der Waals surface area contributed by atoms with Gasteiger partial charge in [0.05, 0.1) is 12.7 Å². The summed E-state index contributed by atoms with van der Waals surface area (Å²) in [5, 5.41) is 0. The number of benzene rings is 2. The van der Waals surface area contributed by atoms with Crippen LogP contribution in [0.4, 0.5) is 0 Å². The quantitative estimate of drug-likeness (QED) is 0.302. The normalized spacial score (nSPS) is 24.8. The zero-order valence-electron chi connectivity index (χ0n) is 30.1. The molecule has 0 N–H and O–H groups in total. The fourth-order valence-corrected chi connectivity index (χ4v) is 9.49. The molecule has 266 valence electrons. The summed E-state index contributed by atoms with van der Waals surface area (Å²) in [5.74, 6) is -0.0444. The monoisotopic (exact) mass is 668 g/mol. The van der Waals surface area contributed by atoms with E-state index in [1.807, 2.05) is 42.5 Å².